The van der Waals surface area contributed by atoms with E-state index in [9.17, 15) is 10.1 Å². The molecule has 1 aromatic rings. The highest BCUT2D eigenvalue weighted by Crippen LogP contribution is 2.25. The van der Waals surface area contributed by atoms with Crippen LogP contribution in [-0.4, -0.2) is 29.0 Å². The molecule has 0 atom stereocenters. The molecule has 1 heterocycles. The summed E-state index contributed by atoms with van der Waals surface area (Å²) in [6.07, 6.45) is 9.37. The summed E-state index contributed by atoms with van der Waals surface area (Å²) in [4.78, 5) is 14.8. The van der Waals surface area contributed by atoms with E-state index in [0.29, 0.717) is 24.0 Å². The lowest BCUT2D eigenvalue weighted by Crippen LogP contribution is -2.32. The summed E-state index contributed by atoms with van der Waals surface area (Å²) in [6.45, 7) is 3.18. The Morgan fingerprint density at radius 1 is 1.29 bits per heavy atom. The van der Waals surface area contributed by atoms with Crippen molar-refractivity contribution in [3.05, 3.63) is 27.9 Å². The SMILES string of the molecule is Cc1ccnc(NCCNC2CCCCCC2)c1[N+](=O)[O-]. The summed E-state index contributed by atoms with van der Waals surface area (Å²) in [5.41, 5.74) is 0.709. The number of nitrogens with zero attached hydrogens (tertiary/aromatic N) is 2. The minimum Gasteiger partial charge on any atom is -0.363 e. The van der Waals surface area contributed by atoms with Gasteiger partial charge in [-0.15, -0.1) is 0 Å². The van der Waals surface area contributed by atoms with Crippen LogP contribution in [0.5, 0.6) is 0 Å². The maximum atomic E-state index is 11.1. The van der Waals surface area contributed by atoms with Gasteiger partial charge in [-0.3, -0.25) is 10.1 Å². The van der Waals surface area contributed by atoms with Crippen LogP contribution in [0.4, 0.5) is 11.5 Å². The van der Waals surface area contributed by atoms with E-state index in [1.54, 1.807) is 19.2 Å². The minimum atomic E-state index is -0.372. The van der Waals surface area contributed by atoms with E-state index in [0.717, 1.165) is 6.54 Å². The van der Waals surface area contributed by atoms with Gasteiger partial charge in [0, 0.05) is 30.9 Å². The summed E-state index contributed by atoms with van der Waals surface area (Å²) in [7, 11) is 0. The summed E-state index contributed by atoms with van der Waals surface area (Å²) in [5.74, 6) is 0.364. The molecule has 6 heteroatoms. The summed E-state index contributed by atoms with van der Waals surface area (Å²) >= 11 is 0. The Balaban J connectivity index is 1.80. The highest BCUT2D eigenvalue weighted by Gasteiger charge is 2.18. The monoisotopic (exact) mass is 292 g/mol. The summed E-state index contributed by atoms with van der Waals surface area (Å²) in [6, 6.07) is 2.25. The third-order valence-electron chi connectivity index (χ3n) is 4.01. The molecule has 21 heavy (non-hydrogen) atoms. The van der Waals surface area contributed by atoms with Gasteiger partial charge in [0.25, 0.3) is 0 Å². The number of aromatic nitrogens is 1. The van der Waals surface area contributed by atoms with E-state index in [1.807, 2.05) is 0 Å². The van der Waals surface area contributed by atoms with Crippen molar-refractivity contribution in [1.29, 1.82) is 0 Å². The maximum Gasteiger partial charge on any atom is 0.314 e. The zero-order chi connectivity index (χ0) is 15.1. The van der Waals surface area contributed by atoms with E-state index in [-0.39, 0.29) is 10.6 Å². The topological polar surface area (TPSA) is 80.1 Å². The van der Waals surface area contributed by atoms with Crippen LogP contribution in [0, 0.1) is 17.0 Å². The van der Waals surface area contributed by atoms with Gasteiger partial charge < -0.3 is 10.6 Å². The van der Waals surface area contributed by atoms with Crippen LogP contribution >= 0.6 is 0 Å². The molecule has 0 aromatic carbocycles. The molecule has 1 aromatic heterocycles. The number of nitrogens with one attached hydrogen (secondary N) is 2. The quantitative estimate of drug-likeness (QED) is 0.364. The molecule has 0 unspecified atom stereocenters. The lowest BCUT2D eigenvalue weighted by molar-refractivity contribution is -0.384. The molecule has 1 saturated carbocycles. The third-order valence-corrected chi connectivity index (χ3v) is 4.01. The standard InChI is InChI=1S/C15H24N4O2/c1-12-8-9-17-15(14(12)19(20)21)18-11-10-16-13-6-4-2-3-5-7-13/h8-9,13,16H,2-7,10-11H2,1H3,(H,17,18). The van der Waals surface area contributed by atoms with Crippen LogP contribution in [0.15, 0.2) is 12.3 Å². The molecule has 0 radical (unpaired) electrons. The van der Waals surface area contributed by atoms with E-state index in [1.165, 1.54) is 38.5 Å². The molecular weight excluding hydrogens is 268 g/mol. The number of rotatable bonds is 6. The van der Waals surface area contributed by atoms with Crippen LogP contribution in [0.25, 0.3) is 0 Å². The van der Waals surface area contributed by atoms with Crippen molar-refractivity contribution in [2.24, 2.45) is 0 Å². The maximum absolute atomic E-state index is 11.1. The van der Waals surface area contributed by atoms with E-state index in [2.05, 4.69) is 15.6 Å². The lowest BCUT2D eigenvalue weighted by Gasteiger charge is -2.16. The number of pyridine rings is 1. The molecule has 1 fully saturated rings. The number of anilines is 1. The molecule has 1 aliphatic carbocycles. The third kappa shape index (κ3) is 4.67. The fourth-order valence-corrected chi connectivity index (χ4v) is 2.85. The first-order valence-corrected chi connectivity index (χ1v) is 7.75. The Morgan fingerprint density at radius 3 is 2.67 bits per heavy atom. The van der Waals surface area contributed by atoms with Gasteiger partial charge in [-0.25, -0.2) is 4.98 Å². The molecular formula is C15H24N4O2. The second-order valence-electron chi connectivity index (χ2n) is 5.65. The molecule has 2 N–H and O–H groups in total. The fourth-order valence-electron chi connectivity index (χ4n) is 2.85. The second-order valence-corrected chi connectivity index (χ2v) is 5.65. The molecule has 0 spiro atoms. The van der Waals surface area contributed by atoms with Gasteiger partial charge in [0.1, 0.15) is 0 Å². The fraction of sp³-hybridized carbons (Fsp3) is 0.667. The molecule has 0 aliphatic heterocycles. The van der Waals surface area contributed by atoms with Crippen LogP contribution in [0.1, 0.15) is 44.1 Å². The Hall–Kier alpha value is -1.69. The van der Waals surface area contributed by atoms with E-state index < -0.39 is 0 Å². The average molecular weight is 292 g/mol. The molecule has 0 saturated heterocycles. The predicted octanol–water partition coefficient (Wildman–Crippen LogP) is 3.02. The van der Waals surface area contributed by atoms with Crippen LogP contribution in [0.2, 0.25) is 0 Å². The minimum absolute atomic E-state index is 0.0759. The zero-order valence-corrected chi connectivity index (χ0v) is 12.6. The Kier molecular flexibility index (Phi) is 5.92. The smallest absolute Gasteiger partial charge is 0.314 e. The van der Waals surface area contributed by atoms with Gasteiger partial charge in [-0.2, -0.15) is 0 Å². The molecule has 0 amide bonds. The average Bonchev–Trinajstić information content (AvgIpc) is 2.72. The first-order chi connectivity index (χ1) is 10.2. The van der Waals surface area contributed by atoms with E-state index in [4.69, 9.17) is 0 Å². The van der Waals surface area contributed by atoms with Gasteiger partial charge >= 0.3 is 5.69 Å². The molecule has 2 rings (SSSR count). The number of nitro groups is 1. The highest BCUT2D eigenvalue weighted by atomic mass is 16.6. The first kappa shape index (κ1) is 15.7. The summed E-state index contributed by atoms with van der Waals surface area (Å²) in [5, 5.41) is 17.7. The Morgan fingerprint density at radius 2 is 2.00 bits per heavy atom. The number of hydrogen-bond donors (Lipinski definition) is 2. The second kappa shape index (κ2) is 7.93. The van der Waals surface area contributed by atoms with Crippen molar-refractivity contribution in [3.63, 3.8) is 0 Å². The van der Waals surface area contributed by atoms with E-state index >= 15 is 0 Å². The van der Waals surface area contributed by atoms with Crippen LogP contribution < -0.4 is 10.6 Å². The first-order valence-electron chi connectivity index (χ1n) is 7.75. The van der Waals surface area contributed by atoms with Crippen molar-refractivity contribution in [2.75, 3.05) is 18.4 Å². The predicted molar refractivity (Wildman–Crippen MR) is 83.6 cm³/mol. The largest absolute Gasteiger partial charge is 0.363 e. The van der Waals surface area contributed by atoms with Gasteiger partial charge in [-0.1, -0.05) is 25.7 Å². The normalized spacial score (nSPS) is 16.4. The Bertz CT molecular complexity index is 471. The number of aryl methyl sites for hydroxylation is 1. The Labute approximate surface area is 125 Å². The van der Waals surface area contributed by atoms with Crippen molar-refractivity contribution in [2.45, 2.75) is 51.5 Å². The highest BCUT2D eigenvalue weighted by molar-refractivity contribution is 5.59. The van der Waals surface area contributed by atoms with Crippen molar-refractivity contribution in [1.82, 2.24) is 10.3 Å². The van der Waals surface area contributed by atoms with Gasteiger partial charge in [0.2, 0.25) is 5.82 Å². The lowest BCUT2D eigenvalue weighted by atomic mass is 10.1. The molecule has 1 aliphatic rings. The zero-order valence-electron chi connectivity index (χ0n) is 12.6. The number of hydrogen-bond acceptors (Lipinski definition) is 5. The van der Waals surface area contributed by atoms with Gasteiger partial charge in [0.15, 0.2) is 0 Å². The molecule has 116 valence electrons. The molecule has 0 bridgehead atoms. The van der Waals surface area contributed by atoms with Gasteiger partial charge in [-0.05, 0) is 25.8 Å². The van der Waals surface area contributed by atoms with Gasteiger partial charge in [0.05, 0.1) is 4.92 Å². The van der Waals surface area contributed by atoms with Crippen LogP contribution in [0.3, 0.4) is 0 Å². The van der Waals surface area contributed by atoms with Crippen molar-refractivity contribution >= 4 is 11.5 Å². The molecule has 6 nitrogen and oxygen atoms in total. The van der Waals surface area contributed by atoms with Crippen molar-refractivity contribution in [3.8, 4) is 0 Å². The van der Waals surface area contributed by atoms with Crippen molar-refractivity contribution < 1.29 is 4.92 Å². The van der Waals surface area contributed by atoms with Crippen LogP contribution in [-0.2, 0) is 0 Å². The summed E-state index contributed by atoms with van der Waals surface area (Å²) < 4.78 is 0.